The van der Waals surface area contributed by atoms with E-state index in [0.29, 0.717) is 12.2 Å². The molecule has 0 amide bonds. The van der Waals surface area contributed by atoms with Gasteiger partial charge in [-0.2, -0.15) is 0 Å². The Morgan fingerprint density at radius 2 is 1.53 bits per heavy atom. The largest absolute Gasteiger partial charge is 0.493 e. The minimum Gasteiger partial charge on any atom is -0.493 e. The van der Waals surface area contributed by atoms with Gasteiger partial charge < -0.3 is 5.11 Å². The lowest BCUT2D eigenvalue weighted by atomic mass is 9.89. The van der Waals surface area contributed by atoms with Gasteiger partial charge in [-0.05, 0) is 54.7 Å². The molecule has 0 saturated heterocycles. The summed E-state index contributed by atoms with van der Waals surface area (Å²) >= 11 is 0. The molecule has 0 bridgehead atoms. The van der Waals surface area contributed by atoms with Crippen LogP contribution < -0.4 is 11.2 Å². The molecule has 0 aliphatic carbocycles. The van der Waals surface area contributed by atoms with Gasteiger partial charge in [-0.15, -0.1) is 0 Å². The van der Waals surface area contributed by atoms with Gasteiger partial charge in [-0.1, -0.05) is 66.7 Å². The van der Waals surface area contributed by atoms with Gasteiger partial charge in [0.05, 0.1) is 5.69 Å². The molecule has 0 unspecified atom stereocenters. The van der Waals surface area contributed by atoms with Gasteiger partial charge in [0.15, 0.2) is 0 Å². The summed E-state index contributed by atoms with van der Waals surface area (Å²) in [4.78, 5) is 31.6. The van der Waals surface area contributed by atoms with Gasteiger partial charge >= 0.3 is 5.69 Å². The first kappa shape index (κ1) is 23.0. The lowest BCUT2D eigenvalue weighted by Crippen LogP contribution is -2.31. The lowest BCUT2D eigenvalue weighted by Gasteiger charge is -2.17. The van der Waals surface area contributed by atoms with Crippen molar-refractivity contribution in [2.24, 2.45) is 4.99 Å². The molecule has 1 heterocycles. The van der Waals surface area contributed by atoms with Crippen LogP contribution in [0.4, 0.5) is 0 Å². The summed E-state index contributed by atoms with van der Waals surface area (Å²) in [7, 11) is 0. The van der Waals surface area contributed by atoms with E-state index < -0.39 is 17.1 Å². The van der Waals surface area contributed by atoms with E-state index in [0.717, 1.165) is 22.1 Å². The Kier molecular flexibility index (Phi) is 6.87. The number of hydrogen-bond donors (Lipinski definition) is 2. The second-order valence-electron chi connectivity index (χ2n) is 8.30. The molecule has 0 atom stereocenters. The molecule has 4 aromatic rings. The highest BCUT2D eigenvalue weighted by atomic mass is 16.3. The van der Waals surface area contributed by atoms with E-state index in [1.165, 1.54) is 17.3 Å². The molecule has 0 aliphatic rings. The molecule has 172 valence electrons. The van der Waals surface area contributed by atoms with Gasteiger partial charge in [0, 0.05) is 18.7 Å². The highest BCUT2D eigenvalue weighted by Crippen LogP contribution is 2.27. The van der Waals surface area contributed by atoms with Crippen LogP contribution in [-0.2, 0) is 0 Å². The number of aliphatic imine (C=N–C) groups is 1. The fraction of sp³-hybridized carbons (Fsp3) is 0.179. The number of hydrogen-bond acceptors (Lipinski definition) is 4. The minimum atomic E-state index is -0.698. The maximum atomic E-state index is 12.4. The number of aromatic amines is 1. The van der Waals surface area contributed by atoms with E-state index in [-0.39, 0.29) is 11.5 Å². The van der Waals surface area contributed by atoms with E-state index >= 15 is 0 Å². The third-order valence-electron chi connectivity index (χ3n) is 6.04. The number of nitrogens with one attached hydrogen (secondary N) is 1. The number of nitrogens with zero attached hydrogens (tertiary/aromatic N) is 2. The molecule has 34 heavy (non-hydrogen) atoms. The highest BCUT2D eigenvalue weighted by molar-refractivity contribution is 5.82. The summed E-state index contributed by atoms with van der Waals surface area (Å²) < 4.78 is 1.09. The standard InChI is InChI=1S/C28H27N3O3/c1-19-13-14-23(17-20(19)2)31-27(33)25(26(32)30-28(31)34)18-29-16-15-24(21-9-5-3-6-10-21)22-11-7-4-8-12-22/h3-14,17-18,24,33H,15-16H2,1-2H3,(H,30,32,34). The number of rotatable bonds is 7. The monoisotopic (exact) mass is 453 g/mol. The van der Waals surface area contributed by atoms with Crippen molar-refractivity contribution < 1.29 is 5.11 Å². The number of benzene rings is 3. The van der Waals surface area contributed by atoms with Crippen LogP contribution in [0.1, 0.15) is 40.2 Å². The molecule has 1 aromatic heterocycles. The molecule has 0 radical (unpaired) electrons. The number of aromatic hydroxyl groups is 1. The zero-order valence-electron chi connectivity index (χ0n) is 19.2. The van der Waals surface area contributed by atoms with Crippen molar-refractivity contribution in [2.45, 2.75) is 26.2 Å². The molecule has 6 nitrogen and oxygen atoms in total. The van der Waals surface area contributed by atoms with Crippen LogP contribution >= 0.6 is 0 Å². The average Bonchev–Trinajstić information content (AvgIpc) is 2.84. The maximum Gasteiger partial charge on any atom is 0.335 e. The van der Waals surface area contributed by atoms with Gasteiger partial charge in [0.1, 0.15) is 5.56 Å². The average molecular weight is 454 g/mol. The highest BCUT2D eigenvalue weighted by Gasteiger charge is 2.16. The van der Waals surface area contributed by atoms with Crippen molar-refractivity contribution in [2.75, 3.05) is 6.54 Å². The molecule has 3 aromatic carbocycles. The fourth-order valence-corrected chi connectivity index (χ4v) is 4.02. The van der Waals surface area contributed by atoms with Crippen LogP contribution in [0, 0.1) is 13.8 Å². The van der Waals surface area contributed by atoms with Gasteiger partial charge in [-0.3, -0.25) is 14.8 Å². The summed E-state index contributed by atoms with van der Waals surface area (Å²) in [5, 5.41) is 10.8. The van der Waals surface area contributed by atoms with Crippen LogP contribution in [0.2, 0.25) is 0 Å². The summed E-state index contributed by atoms with van der Waals surface area (Å²) in [6.45, 7) is 4.33. The number of H-pyrrole nitrogens is 1. The Bertz CT molecular complexity index is 1380. The summed E-state index contributed by atoms with van der Waals surface area (Å²) in [5.41, 5.74) is 3.47. The van der Waals surface area contributed by atoms with E-state index in [1.807, 2.05) is 56.3 Å². The quantitative estimate of drug-likeness (QED) is 0.404. The van der Waals surface area contributed by atoms with Crippen molar-refractivity contribution >= 4 is 6.21 Å². The van der Waals surface area contributed by atoms with Crippen molar-refractivity contribution in [3.63, 3.8) is 0 Å². The van der Waals surface area contributed by atoms with E-state index in [9.17, 15) is 14.7 Å². The Morgan fingerprint density at radius 1 is 0.912 bits per heavy atom. The van der Waals surface area contributed by atoms with Crippen molar-refractivity contribution in [3.8, 4) is 11.6 Å². The predicted molar refractivity (Wildman–Crippen MR) is 136 cm³/mol. The molecule has 4 rings (SSSR count). The third kappa shape index (κ3) is 4.91. The molecular weight excluding hydrogens is 426 g/mol. The second kappa shape index (κ2) is 10.2. The number of aryl methyl sites for hydroxylation is 2. The minimum absolute atomic E-state index is 0.0474. The molecular formula is C28H27N3O3. The first-order chi connectivity index (χ1) is 16.5. The Labute approximate surface area is 197 Å². The lowest BCUT2D eigenvalue weighted by molar-refractivity contribution is 0.430. The summed E-state index contributed by atoms with van der Waals surface area (Å²) in [6.07, 6.45) is 2.07. The van der Waals surface area contributed by atoms with Crippen LogP contribution in [-0.4, -0.2) is 27.4 Å². The topological polar surface area (TPSA) is 87.4 Å². The first-order valence-corrected chi connectivity index (χ1v) is 11.2. The van der Waals surface area contributed by atoms with Gasteiger partial charge in [0.2, 0.25) is 5.88 Å². The van der Waals surface area contributed by atoms with Crippen molar-refractivity contribution in [1.82, 2.24) is 9.55 Å². The Hall–Kier alpha value is -4.19. The van der Waals surface area contributed by atoms with E-state index in [2.05, 4.69) is 34.2 Å². The van der Waals surface area contributed by atoms with Crippen LogP contribution in [0.5, 0.6) is 5.88 Å². The van der Waals surface area contributed by atoms with Crippen molar-refractivity contribution in [1.29, 1.82) is 0 Å². The Morgan fingerprint density at radius 3 is 2.12 bits per heavy atom. The second-order valence-corrected chi connectivity index (χ2v) is 8.30. The summed E-state index contributed by atoms with van der Waals surface area (Å²) in [6, 6.07) is 25.8. The fourth-order valence-electron chi connectivity index (χ4n) is 4.02. The van der Waals surface area contributed by atoms with E-state index in [1.54, 1.807) is 12.1 Å². The molecule has 0 spiro atoms. The third-order valence-corrected chi connectivity index (χ3v) is 6.04. The zero-order valence-corrected chi connectivity index (χ0v) is 19.2. The number of aromatic nitrogens is 2. The summed E-state index contributed by atoms with van der Waals surface area (Å²) in [5.74, 6) is -0.278. The molecule has 0 fully saturated rings. The zero-order chi connectivity index (χ0) is 24.1. The van der Waals surface area contributed by atoms with Crippen molar-refractivity contribution in [3.05, 3.63) is 128 Å². The maximum absolute atomic E-state index is 12.4. The van der Waals surface area contributed by atoms with Crippen LogP contribution in [0.15, 0.2) is 93.4 Å². The van der Waals surface area contributed by atoms with Gasteiger partial charge in [-0.25, -0.2) is 9.36 Å². The SMILES string of the molecule is Cc1ccc(-n2c(O)c(C=NCCC(c3ccccc3)c3ccccc3)c(=O)[nH]c2=O)cc1C. The van der Waals surface area contributed by atoms with Crippen LogP contribution in [0.3, 0.4) is 0 Å². The molecule has 6 heteroatoms. The predicted octanol–water partition coefficient (Wildman–Crippen LogP) is 4.49. The first-order valence-electron chi connectivity index (χ1n) is 11.2. The van der Waals surface area contributed by atoms with Crippen LogP contribution in [0.25, 0.3) is 5.69 Å². The molecule has 0 saturated carbocycles. The molecule has 0 aliphatic heterocycles. The Balaban J connectivity index is 1.60. The smallest absolute Gasteiger partial charge is 0.335 e. The van der Waals surface area contributed by atoms with E-state index in [4.69, 9.17) is 0 Å². The van der Waals surface area contributed by atoms with Gasteiger partial charge in [0.25, 0.3) is 5.56 Å². The molecule has 2 N–H and O–H groups in total. The normalized spacial score (nSPS) is 11.4.